The van der Waals surface area contributed by atoms with E-state index in [9.17, 15) is 18.0 Å². The smallest absolute Gasteiger partial charge is 0.264 e. The molecule has 0 aliphatic heterocycles. The quantitative estimate of drug-likeness (QED) is 0.179. The summed E-state index contributed by atoms with van der Waals surface area (Å²) < 4.78 is 35.7. The second kappa shape index (κ2) is 15.3. The minimum absolute atomic E-state index is 0.0405. The highest BCUT2D eigenvalue weighted by Crippen LogP contribution is 2.33. The van der Waals surface area contributed by atoms with E-state index < -0.39 is 34.1 Å². The predicted molar refractivity (Wildman–Crippen MR) is 187 cm³/mol. The van der Waals surface area contributed by atoms with Gasteiger partial charge >= 0.3 is 0 Å². The zero-order chi connectivity index (χ0) is 34.2. The van der Waals surface area contributed by atoms with Crippen molar-refractivity contribution in [3.05, 3.63) is 125 Å². The third kappa shape index (κ3) is 9.45. The van der Waals surface area contributed by atoms with Crippen molar-refractivity contribution in [2.24, 2.45) is 0 Å². The van der Waals surface area contributed by atoms with Gasteiger partial charge in [-0.1, -0.05) is 90.0 Å². The molecular weight excluding hydrogens is 611 g/mol. The van der Waals surface area contributed by atoms with Crippen LogP contribution in [0.15, 0.2) is 108 Å². The molecule has 0 radical (unpaired) electrons. The first-order valence-corrected chi connectivity index (χ1v) is 17.2. The van der Waals surface area contributed by atoms with Crippen LogP contribution in [0.1, 0.15) is 49.9 Å². The van der Waals surface area contributed by atoms with Gasteiger partial charge in [0.15, 0.2) is 0 Å². The molecule has 0 aliphatic rings. The van der Waals surface area contributed by atoms with Crippen molar-refractivity contribution in [3.8, 4) is 5.75 Å². The Kier molecular flexibility index (Phi) is 11.5. The molecule has 8 nitrogen and oxygen atoms in total. The molecule has 0 bridgehead atoms. The van der Waals surface area contributed by atoms with Gasteiger partial charge in [-0.2, -0.15) is 0 Å². The van der Waals surface area contributed by atoms with Crippen LogP contribution in [0.4, 0.5) is 5.69 Å². The van der Waals surface area contributed by atoms with E-state index in [-0.39, 0.29) is 29.5 Å². The van der Waals surface area contributed by atoms with Crippen LogP contribution < -0.4 is 14.4 Å². The zero-order valence-electron chi connectivity index (χ0n) is 28.1. The maximum atomic E-state index is 14.7. The zero-order valence-corrected chi connectivity index (χ0v) is 28.9. The minimum Gasteiger partial charge on any atom is -0.492 e. The fraction of sp³-hybridized carbons (Fsp3) is 0.316. The summed E-state index contributed by atoms with van der Waals surface area (Å²) in [7, 11) is -4.25. The van der Waals surface area contributed by atoms with E-state index >= 15 is 0 Å². The Labute approximate surface area is 279 Å². The lowest BCUT2D eigenvalue weighted by Gasteiger charge is -2.35. The van der Waals surface area contributed by atoms with Crippen LogP contribution >= 0.6 is 0 Å². The van der Waals surface area contributed by atoms with Gasteiger partial charge in [-0.05, 0) is 76.9 Å². The maximum absolute atomic E-state index is 14.7. The van der Waals surface area contributed by atoms with Crippen molar-refractivity contribution in [2.75, 3.05) is 17.5 Å². The van der Waals surface area contributed by atoms with Gasteiger partial charge in [-0.15, -0.1) is 0 Å². The number of sulfonamides is 1. The number of hydrogen-bond donors (Lipinski definition) is 1. The number of benzene rings is 4. The maximum Gasteiger partial charge on any atom is 0.264 e. The summed E-state index contributed by atoms with van der Waals surface area (Å²) in [6.45, 7) is 11.2. The summed E-state index contributed by atoms with van der Waals surface area (Å²) in [6.07, 6.45) is 0.237. The van der Waals surface area contributed by atoms with Crippen molar-refractivity contribution in [3.63, 3.8) is 0 Å². The lowest BCUT2D eigenvalue weighted by Crippen LogP contribution is -2.56. The van der Waals surface area contributed by atoms with E-state index in [2.05, 4.69) is 5.32 Å². The third-order valence-corrected chi connectivity index (χ3v) is 9.30. The molecule has 4 aromatic carbocycles. The lowest BCUT2D eigenvalue weighted by atomic mass is 10.0. The highest BCUT2D eigenvalue weighted by Gasteiger charge is 2.36. The molecule has 0 aromatic heterocycles. The van der Waals surface area contributed by atoms with Gasteiger partial charge in [0.05, 0.1) is 17.2 Å². The first kappa shape index (κ1) is 35.2. The normalized spacial score (nSPS) is 12.2. The number of nitrogens with one attached hydrogen (secondary N) is 1. The van der Waals surface area contributed by atoms with Crippen LogP contribution in [0.25, 0.3) is 0 Å². The van der Waals surface area contributed by atoms with E-state index in [0.29, 0.717) is 12.4 Å². The Morgan fingerprint density at radius 3 is 2.09 bits per heavy atom. The Bertz CT molecular complexity index is 1770. The Hall–Kier alpha value is -4.63. The van der Waals surface area contributed by atoms with Gasteiger partial charge in [0, 0.05) is 18.5 Å². The predicted octanol–water partition coefficient (Wildman–Crippen LogP) is 6.45. The summed E-state index contributed by atoms with van der Waals surface area (Å²) in [5.41, 5.74) is 3.26. The highest BCUT2D eigenvalue weighted by atomic mass is 32.2. The van der Waals surface area contributed by atoms with Crippen LogP contribution in [0.3, 0.4) is 0 Å². The number of carbonyl (C=O) groups is 2. The summed E-state index contributed by atoms with van der Waals surface area (Å²) in [4.78, 5) is 30.3. The average Bonchev–Trinajstić information content (AvgIpc) is 3.02. The molecule has 0 spiro atoms. The van der Waals surface area contributed by atoms with E-state index in [1.165, 1.54) is 17.0 Å². The molecule has 0 fully saturated rings. The van der Waals surface area contributed by atoms with E-state index in [1.807, 2.05) is 96.1 Å². The molecule has 2 amide bonds. The van der Waals surface area contributed by atoms with Crippen molar-refractivity contribution in [2.45, 2.75) is 71.0 Å². The summed E-state index contributed by atoms with van der Waals surface area (Å²) in [6, 6.07) is 29.6. The fourth-order valence-electron chi connectivity index (χ4n) is 5.31. The second-order valence-electron chi connectivity index (χ2n) is 12.7. The molecule has 0 heterocycles. The number of aryl methyl sites for hydroxylation is 2. The third-order valence-electron chi connectivity index (χ3n) is 7.53. The minimum atomic E-state index is -4.25. The average molecular weight is 656 g/mol. The summed E-state index contributed by atoms with van der Waals surface area (Å²) in [5, 5.41) is 3.06. The van der Waals surface area contributed by atoms with E-state index in [1.54, 1.807) is 36.4 Å². The van der Waals surface area contributed by atoms with Gasteiger partial charge in [-0.3, -0.25) is 13.9 Å². The van der Waals surface area contributed by atoms with Gasteiger partial charge in [0.2, 0.25) is 11.8 Å². The molecule has 0 saturated carbocycles. The fourth-order valence-corrected chi connectivity index (χ4v) is 6.73. The molecule has 0 unspecified atom stereocenters. The molecule has 47 heavy (non-hydrogen) atoms. The SMILES string of the molecule is CCOc1ccccc1N(CC(=O)N(Cc1cccc(C)c1)[C@@H](Cc1ccccc1)C(=O)NC(C)(C)C)S(=O)(=O)c1ccc(C)cc1. The number of amides is 2. The molecule has 248 valence electrons. The number of rotatable bonds is 13. The van der Waals surface area contributed by atoms with Crippen molar-refractivity contribution < 1.29 is 22.7 Å². The van der Waals surface area contributed by atoms with Crippen LogP contribution in [0, 0.1) is 13.8 Å². The Morgan fingerprint density at radius 1 is 0.809 bits per heavy atom. The molecule has 9 heteroatoms. The Balaban J connectivity index is 1.85. The number of anilines is 1. The standard InChI is InChI=1S/C38H45N3O5S/c1-7-46-35-19-12-11-18-33(35)41(47(44,45)32-22-20-28(2)21-23-32)27-36(42)40(26-31-17-13-14-29(3)24-31)34(37(43)39-38(4,5)6)25-30-15-9-8-10-16-30/h8-24,34H,7,25-27H2,1-6H3,(H,39,43)/t34-/m0/s1. The number of hydrogen-bond acceptors (Lipinski definition) is 5. The van der Waals surface area contributed by atoms with Gasteiger partial charge in [-0.25, -0.2) is 8.42 Å². The highest BCUT2D eigenvalue weighted by molar-refractivity contribution is 7.92. The molecular formula is C38H45N3O5S. The summed E-state index contributed by atoms with van der Waals surface area (Å²) in [5.74, 6) is -0.529. The molecule has 1 N–H and O–H groups in total. The first-order chi connectivity index (χ1) is 22.3. The van der Waals surface area contributed by atoms with Gasteiger partial charge < -0.3 is 15.0 Å². The number of ether oxygens (including phenoxy) is 1. The lowest BCUT2D eigenvalue weighted by molar-refractivity contribution is -0.140. The number of carbonyl (C=O) groups excluding carboxylic acids is 2. The van der Waals surface area contributed by atoms with Crippen molar-refractivity contribution in [1.29, 1.82) is 0 Å². The largest absolute Gasteiger partial charge is 0.492 e. The van der Waals surface area contributed by atoms with Crippen LogP contribution in [-0.4, -0.2) is 49.9 Å². The van der Waals surface area contributed by atoms with Crippen molar-refractivity contribution in [1.82, 2.24) is 10.2 Å². The second-order valence-corrected chi connectivity index (χ2v) is 14.5. The van der Waals surface area contributed by atoms with Crippen molar-refractivity contribution >= 4 is 27.5 Å². The number of para-hydroxylation sites is 2. The monoisotopic (exact) mass is 655 g/mol. The van der Waals surface area contributed by atoms with Gasteiger partial charge in [0.25, 0.3) is 10.0 Å². The molecule has 1 atom stereocenters. The summed E-state index contributed by atoms with van der Waals surface area (Å²) >= 11 is 0. The molecule has 4 aromatic rings. The number of nitrogens with zero attached hydrogens (tertiary/aromatic N) is 2. The van der Waals surface area contributed by atoms with Crippen LogP contribution in [0.5, 0.6) is 5.75 Å². The van der Waals surface area contributed by atoms with Crippen LogP contribution in [0.2, 0.25) is 0 Å². The van der Waals surface area contributed by atoms with Crippen LogP contribution in [-0.2, 0) is 32.6 Å². The Morgan fingerprint density at radius 2 is 1.45 bits per heavy atom. The topological polar surface area (TPSA) is 96.0 Å². The van der Waals surface area contributed by atoms with Gasteiger partial charge in [0.1, 0.15) is 18.3 Å². The molecule has 4 rings (SSSR count). The first-order valence-electron chi connectivity index (χ1n) is 15.8. The molecule has 0 aliphatic carbocycles. The van der Waals surface area contributed by atoms with E-state index in [0.717, 1.165) is 26.6 Å². The molecule has 0 saturated heterocycles. The van der Waals surface area contributed by atoms with E-state index in [4.69, 9.17) is 4.74 Å².